The normalized spacial score (nSPS) is 15.0. The summed E-state index contributed by atoms with van der Waals surface area (Å²) >= 11 is 0. The monoisotopic (exact) mass is 613 g/mol. The number of aliphatic hydroxyl groups is 2. The van der Waals surface area contributed by atoms with E-state index in [1.54, 1.807) is 13.8 Å². The number of nitrogens with zero attached hydrogens (tertiary/aromatic N) is 1. The molecular weight excluding hydrogens is 574 g/mol. The molecule has 0 saturated carbocycles. The lowest BCUT2D eigenvalue weighted by Crippen LogP contribution is -2.59. The van der Waals surface area contributed by atoms with Gasteiger partial charge in [-0.3, -0.25) is 28.8 Å². The minimum atomic E-state index is -1.62. The van der Waals surface area contributed by atoms with Crippen LogP contribution in [0.25, 0.3) is 0 Å². The van der Waals surface area contributed by atoms with Crippen molar-refractivity contribution >= 4 is 41.4 Å². The maximum atomic E-state index is 13.0. The molecule has 240 valence electrons. The lowest BCUT2D eigenvalue weighted by Gasteiger charge is -2.26. The van der Waals surface area contributed by atoms with E-state index in [2.05, 4.69) is 36.6 Å². The predicted octanol–water partition coefficient (Wildman–Crippen LogP) is -5.67. The van der Waals surface area contributed by atoms with Gasteiger partial charge in [-0.15, -0.1) is 0 Å². The predicted molar refractivity (Wildman–Crippen MR) is 146 cm³/mol. The van der Waals surface area contributed by atoms with Crippen LogP contribution in [-0.4, -0.2) is 117 Å². The van der Waals surface area contributed by atoms with Gasteiger partial charge in [0.05, 0.1) is 32.5 Å². The molecule has 43 heavy (non-hydrogen) atoms. The van der Waals surface area contributed by atoms with Gasteiger partial charge in [-0.2, -0.15) is 0 Å². The summed E-state index contributed by atoms with van der Waals surface area (Å²) in [6, 6.07) is -7.13. The Morgan fingerprint density at radius 2 is 1.53 bits per heavy atom. The quantitative estimate of drug-likeness (QED) is 0.0695. The number of aliphatic hydroxyl groups excluding tert-OH is 2. The van der Waals surface area contributed by atoms with Crippen molar-refractivity contribution in [2.24, 2.45) is 17.4 Å². The van der Waals surface area contributed by atoms with Gasteiger partial charge in [-0.25, -0.2) is 9.78 Å². The third kappa shape index (κ3) is 12.4. The van der Waals surface area contributed by atoms with Crippen LogP contribution in [0.3, 0.4) is 0 Å². The number of carbonyl (C=O) groups is 7. The molecule has 0 saturated heterocycles. The Balaban J connectivity index is 2.87. The zero-order chi connectivity index (χ0) is 32.7. The van der Waals surface area contributed by atoms with E-state index >= 15 is 0 Å². The lowest BCUT2D eigenvalue weighted by molar-refractivity contribution is -0.142. The molecule has 1 aromatic rings. The number of carboxylic acid groups (broad SMARTS) is 1. The fraction of sp³-hybridized carbons (Fsp3) is 0.583. The molecule has 0 fully saturated rings. The summed E-state index contributed by atoms with van der Waals surface area (Å²) in [5.41, 5.74) is 11.0. The molecule has 13 N–H and O–H groups in total. The lowest BCUT2D eigenvalue weighted by atomic mass is 9.97. The summed E-state index contributed by atoms with van der Waals surface area (Å²) < 4.78 is 0. The number of H-pyrrole nitrogens is 1. The maximum Gasteiger partial charge on any atom is 0.326 e. The number of aromatic amines is 1. The largest absolute Gasteiger partial charge is 0.480 e. The number of nitrogens with two attached hydrogens (primary N) is 2. The highest BCUT2D eigenvalue weighted by atomic mass is 16.4. The molecule has 0 aliphatic heterocycles. The Morgan fingerprint density at radius 3 is 2.05 bits per heavy atom. The number of hydrogen-bond acceptors (Lipinski definition) is 11. The van der Waals surface area contributed by atoms with Gasteiger partial charge < -0.3 is 58.4 Å². The molecule has 6 amide bonds. The van der Waals surface area contributed by atoms with Gasteiger partial charge in [-0.1, -0.05) is 20.3 Å². The molecule has 6 atom stereocenters. The van der Waals surface area contributed by atoms with Crippen molar-refractivity contribution in [3.05, 3.63) is 18.2 Å². The number of hydrogen-bond donors (Lipinski definition) is 11. The fourth-order valence-corrected chi connectivity index (χ4v) is 3.53. The van der Waals surface area contributed by atoms with Gasteiger partial charge in [0.25, 0.3) is 0 Å². The van der Waals surface area contributed by atoms with E-state index in [0.717, 1.165) is 0 Å². The van der Waals surface area contributed by atoms with Crippen LogP contribution in [0.1, 0.15) is 32.4 Å². The van der Waals surface area contributed by atoms with E-state index in [9.17, 15) is 43.8 Å². The van der Waals surface area contributed by atoms with Crippen molar-refractivity contribution in [1.29, 1.82) is 0 Å². The van der Waals surface area contributed by atoms with Crippen LogP contribution < -0.4 is 38.1 Å². The van der Waals surface area contributed by atoms with Crippen LogP contribution in [0.4, 0.5) is 0 Å². The zero-order valence-electron chi connectivity index (χ0n) is 23.7. The Hall–Kier alpha value is -4.62. The molecule has 0 aliphatic rings. The summed E-state index contributed by atoms with van der Waals surface area (Å²) in [5.74, 6) is -7.50. The highest BCUT2D eigenvalue weighted by Crippen LogP contribution is 2.09. The molecular formula is C24H39N9O10. The Labute approximate surface area is 245 Å². The summed E-state index contributed by atoms with van der Waals surface area (Å²) in [6.07, 6.45) is 2.36. The first-order chi connectivity index (χ1) is 20.2. The number of nitrogens with one attached hydrogen (secondary N) is 6. The van der Waals surface area contributed by atoms with E-state index in [4.69, 9.17) is 16.6 Å². The van der Waals surface area contributed by atoms with Crippen molar-refractivity contribution in [1.82, 2.24) is 36.6 Å². The third-order valence-corrected chi connectivity index (χ3v) is 6.22. The summed E-state index contributed by atoms with van der Waals surface area (Å²) in [4.78, 5) is 92.5. The van der Waals surface area contributed by atoms with Crippen molar-refractivity contribution in [3.63, 3.8) is 0 Å². The Morgan fingerprint density at radius 1 is 0.907 bits per heavy atom. The van der Waals surface area contributed by atoms with Crippen molar-refractivity contribution in [3.8, 4) is 0 Å². The second-order valence-electron chi connectivity index (χ2n) is 9.59. The van der Waals surface area contributed by atoms with Crippen LogP contribution in [0.15, 0.2) is 12.5 Å². The minimum absolute atomic E-state index is 0.0969. The number of carboxylic acids is 1. The van der Waals surface area contributed by atoms with Crippen molar-refractivity contribution in [2.75, 3.05) is 19.8 Å². The van der Waals surface area contributed by atoms with Gasteiger partial charge >= 0.3 is 5.97 Å². The van der Waals surface area contributed by atoms with Gasteiger partial charge in [0.1, 0.15) is 30.2 Å². The van der Waals surface area contributed by atoms with E-state index in [-0.39, 0.29) is 6.42 Å². The molecule has 0 bridgehead atoms. The highest BCUT2D eigenvalue weighted by molar-refractivity contribution is 5.97. The number of aliphatic carboxylic acids is 1. The van der Waals surface area contributed by atoms with Gasteiger partial charge in [-0.05, 0) is 5.92 Å². The summed E-state index contributed by atoms with van der Waals surface area (Å²) in [7, 11) is 0. The van der Waals surface area contributed by atoms with Gasteiger partial charge in [0.2, 0.25) is 35.4 Å². The van der Waals surface area contributed by atoms with Crippen LogP contribution in [-0.2, 0) is 40.0 Å². The molecule has 1 rings (SSSR count). The number of amides is 6. The minimum Gasteiger partial charge on any atom is -0.480 e. The van der Waals surface area contributed by atoms with E-state index in [1.165, 1.54) is 12.5 Å². The number of imidazole rings is 1. The summed E-state index contributed by atoms with van der Waals surface area (Å²) in [6.45, 7) is 1.01. The number of rotatable bonds is 19. The Kier molecular flexibility index (Phi) is 15.3. The fourth-order valence-electron chi connectivity index (χ4n) is 3.53. The van der Waals surface area contributed by atoms with E-state index in [1.807, 2.05) is 0 Å². The first-order valence-corrected chi connectivity index (χ1v) is 13.2. The van der Waals surface area contributed by atoms with Gasteiger partial charge in [0.15, 0.2) is 0 Å². The average Bonchev–Trinajstić information content (AvgIpc) is 3.48. The molecule has 0 unspecified atom stereocenters. The average molecular weight is 614 g/mol. The molecule has 0 radical (unpaired) electrons. The topological polar surface area (TPSA) is 321 Å². The smallest absolute Gasteiger partial charge is 0.326 e. The van der Waals surface area contributed by atoms with E-state index in [0.29, 0.717) is 12.1 Å². The van der Waals surface area contributed by atoms with Crippen molar-refractivity contribution < 1.29 is 48.9 Å². The van der Waals surface area contributed by atoms with Crippen LogP contribution in [0.5, 0.6) is 0 Å². The number of aromatic nitrogens is 2. The Bertz CT molecular complexity index is 1130. The molecule has 19 heteroatoms. The molecule has 1 heterocycles. The first kappa shape index (κ1) is 36.4. The summed E-state index contributed by atoms with van der Waals surface area (Å²) in [5, 5.41) is 39.2. The van der Waals surface area contributed by atoms with Crippen LogP contribution in [0.2, 0.25) is 0 Å². The molecule has 19 nitrogen and oxygen atoms in total. The highest BCUT2D eigenvalue weighted by Gasteiger charge is 2.32. The van der Waals surface area contributed by atoms with E-state index < -0.39 is 104 Å². The standard InChI is InChI=1S/C24H39N9O10/c1-3-11(2)19(23(41)31-15(24(42)43)4-12-6-27-10-29-12)33-18(37)7-28-21(39)14(5-17(26)36)30-22(40)16(9-35)32-20(38)13(25)8-34/h6,10-11,13-16,19,34-35H,3-5,7-9,25H2,1-2H3,(H2,26,36)(H,27,29)(H,28,39)(H,30,40)(H,31,41)(H,32,38)(H,33,37)(H,42,43)/t11-,13-,14-,15-,16-,19-/m0/s1. The SMILES string of the molecule is CC[C@H](C)[C@H](NC(=O)CNC(=O)[C@H](CC(N)=O)NC(=O)[C@H](CO)NC(=O)[C@@H](N)CO)C(=O)N[C@@H](Cc1cnc[nH]1)C(=O)O. The maximum absolute atomic E-state index is 13.0. The number of primary amides is 1. The van der Waals surface area contributed by atoms with Gasteiger partial charge in [0, 0.05) is 18.3 Å². The van der Waals surface area contributed by atoms with Crippen molar-refractivity contribution in [2.45, 2.75) is 63.3 Å². The van der Waals surface area contributed by atoms with Crippen LogP contribution in [0, 0.1) is 5.92 Å². The second-order valence-corrected chi connectivity index (χ2v) is 9.59. The first-order valence-electron chi connectivity index (χ1n) is 13.2. The zero-order valence-corrected chi connectivity index (χ0v) is 23.7. The molecule has 1 aromatic heterocycles. The molecule has 0 aromatic carbocycles. The third-order valence-electron chi connectivity index (χ3n) is 6.22. The second kappa shape index (κ2) is 18.0. The molecule has 0 spiro atoms. The number of carbonyl (C=O) groups excluding carboxylic acids is 6. The molecule has 0 aliphatic carbocycles. The van der Waals surface area contributed by atoms with Crippen LogP contribution >= 0.6 is 0 Å².